The highest BCUT2D eigenvalue weighted by Gasteiger charge is 2.24. The van der Waals surface area contributed by atoms with E-state index in [-0.39, 0.29) is 5.91 Å². The Hall–Kier alpha value is -2.39. The maximum absolute atomic E-state index is 13.7. The van der Waals surface area contributed by atoms with Gasteiger partial charge in [-0.3, -0.25) is 14.6 Å². The minimum absolute atomic E-state index is 0.154. The molecule has 1 fully saturated rings. The lowest BCUT2D eigenvalue weighted by Gasteiger charge is -2.29. The van der Waals surface area contributed by atoms with Gasteiger partial charge in [0.25, 0.3) is 5.91 Å². The Morgan fingerprint density at radius 1 is 1.16 bits per heavy atom. The molecule has 1 saturated heterocycles. The number of benzene rings is 2. The van der Waals surface area contributed by atoms with E-state index < -0.39 is 0 Å². The van der Waals surface area contributed by atoms with Crippen molar-refractivity contribution in [1.29, 1.82) is 0 Å². The molecule has 1 amide bonds. The van der Waals surface area contributed by atoms with Crippen molar-refractivity contribution in [1.82, 2.24) is 9.88 Å². The summed E-state index contributed by atoms with van der Waals surface area (Å²) in [5, 5.41) is 1.30. The second-order valence-corrected chi connectivity index (χ2v) is 9.02. The first kappa shape index (κ1) is 22.8. The van der Waals surface area contributed by atoms with Gasteiger partial charge in [-0.1, -0.05) is 22.9 Å². The van der Waals surface area contributed by atoms with Gasteiger partial charge >= 0.3 is 0 Å². The van der Waals surface area contributed by atoms with Crippen molar-refractivity contribution in [2.75, 3.05) is 58.5 Å². The number of nitrogens with zero attached hydrogens (tertiary/aromatic N) is 3. The van der Waals surface area contributed by atoms with Crippen molar-refractivity contribution >= 4 is 44.2 Å². The van der Waals surface area contributed by atoms with Crippen LogP contribution in [-0.2, 0) is 4.74 Å². The van der Waals surface area contributed by atoms with Crippen LogP contribution >= 0.6 is 22.9 Å². The number of anilines is 1. The minimum atomic E-state index is -0.154. The number of rotatable bonds is 7. The van der Waals surface area contributed by atoms with Gasteiger partial charge in [-0.2, -0.15) is 0 Å². The molecule has 2 heterocycles. The summed E-state index contributed by atoms with van der Waals surface area (Å²) >= 11 is 7.72. The van der Waals surface area contributed by atoms with Crippen molar-refractivity contribution < 1.29 is 19.0 Å². The third-order valence-electron chi connectivity index (χ3n) is 5.46. The Morgan fingerprint density at radius 2 is 1.84 bits per heavy atom. The molecule has 1 aliphatic heterocycles. The number of amides is 1. The molecular formula is C23H26ClN3O4S. The third-order valence-corrected chi connectivity index (χ3v) is 6.70. The molecule has 0 aliphatic carbocycles. The number of aromatic nitrogens is 1. The highest BCUT2D eigenvalue weighted by atomic mass is 35.5. The quantitative estimate of drug-likeness (QED) is 0.509. The number of halogens is 1. The number of ether oxygens (including phenoxy) is 3. The number of morpholine rings is 1. The summed E-state index contributed by atoms with van der Waals surface area (Å²) < 4.78 is 17.1. The van der Waals surface area contributed by atoms with Crippen LogP contribution in [0.3, 0.4) is 0 Å². The third kappa shape index (κ3) is 4.99. The molecule has 1 aromatic heterocycles. The predicted octanol–water partition coefficient (Wildman–Crippen LogP) is 4.25. The van der Waals surface area contributed by atoms with Crippen molar-refractivity contribution in [3.8, 4) is 11.5 Å². The van der Waals surface area contributed by atoms with Crippen LogP contribution < -0.4 is 14.4 Å². The van der Waals surface area contributed by atoms with Gasteiger partial charge in [0.2, 0.25) is 0 Å². The maximum atomic E-state index is 13.7. The first-order chi connectivity index (χ1) is 15.5. The van der Waals surface area contributed by atoms with Gasteiger partial charge in [-0.25, -0.2) is 4.98 Å². The number of thiazole rings is 1. The maximum Gasteiger partial charge on any atom is 0.260 e. The molecule has 9 heteroatoms. The van der Waals surface area contributed by atoms with Gasteiger partial charge in [0.15, 0.2) is 5.13 Å². The van der Waals surface area contributed by atoms with E-state index in [9.17, 15) is 4.79 Å². The van der Waals surface area contributed by atoms with Crippen LogP contribution in [0.4, 0.5) is 5.13 Å². The number of aryl methyl sites for hydroxylation is 1. The number of carbonyl (C=O) groups excluding carboxylic acids is 1. The van der Waals surface area contributed by atoms with Gasteiger partial charge in [0.1, 0.15) is 11.5 Å². The fourth-order valence-corrected chi connectivity index (χ4v) is 5.14. The first-order valence-electron chi connectivity index (χ1n) is 10.4. The molecule has 170 valence electrons. The van der Waals surface area contributed by atoms with E-state index in [0.717, 1.165) is 35.4 Å². The van der Waals surface area contributed by atoms with Gasteiger partial charge in [0.05, 0.1) is 37.6 Å². The number of hydrogen-bond donors (Lipinski definition) is 0. The van der Waals surface area contributed by atoms with E-state index in [2.05, 4.69) is 4.90 Å². The van der Waals surface area contributed by atoms with Crippen molar-refractivity contribution in [2.24, 2.45) is 0 Å². The Kier molecular flexibility index (Phi) is 7.15. The summed E-state index contributed by atoms with van der Waals surface area (Å²) in [5.74, 6) is 0.971. The summed E-state index contributed by atoms with van der Waals surface area (Å²) in [5.41, 5.74) is 2.33. The lowest BCUT2D eigenvalue weighted by Crippen LogP contribution is -2.43. The van der Waals surface area contributed by atoms with Crippen LogP contribution in [0, 0.1) is 6.92 Å². The molecule has 32 heavy (non-hydrogen) atoms. The van der Waals surface area contributed by atoms with Crippen LogP contribution in [-0.4, -0.2) is 69.4 Å². The van der Waals surface area contributed by atoms with Crippen LogP contribution in [0.1, 0.15) is 15.9 Å². The standard InChI is InChI=1S/C23H26ClN3O4S/c1-15-10-17(24)13-20-21(15)25-23(32-20)27(5-4-26-6-8-31-9-7-26)22(28)16-11-18(29-2)14-19(12-16)30-3/h10-14H,4-9H2,1-3H3. The topological polar surface area (TPSA) is 64.1 Å². The fraction of sp³-hybridized carbons (Fsp3) is 0.391. The average molecular weight is 476 g/mol. The molecule has 4 rings (SSSR count). The predicted molar refractivity (Wildman–Crippen MR) is 128 cm³/mol. The molecule has 3 aromatic rings. The monoisotopic (exact) mass is 475 g/mol. The van der Waals surface area contributed by atoms with Crippen molar-refractivity contribution in [3.63, 3.8) is 0 Å². The lowest BCUT2D eigenvalue weighted by molar-refractivity contribution is 0.0391. The molecule has 0 unspecified atom stereocenters. The lowest BCUT2D eigenvalue weighted by atomic mass is 10.1. The average Bonchev–Trinajstić information content (AvgIpc) is 3.23. The first-order valence-corrected chi connectivity index (χ1v) is 11.6. The Labute approximate surface area is 196 Å². The molecule has 2 aromatic carbocycles. The fourth-order valence-electron chi connectivity index (χ4n) is 3.70. The van der Waals surface area contributed by atoms with Gasteiger partial charge in [-0.15, -0.1) is 0 Å². The van der Waals surface area contributed by atoms with Crippen LogP contribution in [0.15, 0.2) is 30.3 Å². The summed E-state index contributed by atoms with van der Waals surface area (Å²) in [6.45, 7) is 6.33. The van der Waals surface area contributed by atoms with Crippen molar-refractivity contribution in [3.05, 3.63) is 46.5 Å². The zero-order chi connectivity index (χ0) is 22.7. The van der Waals surface area contributed by atoms with E-state index in [1.165, 1.54) is 11.3 Å². The summed E-state index contributed by atoms with van der Waals surface area (Å²) in [6.07, 6.45) is 0. The molecule has 1 aliphatic rings. The molecular weight excluding hydrogens is 450 g/mol. The second-order valence-electron chi connectivity index (χ2n) is 7.58. The highest BCUT2D eigenvalue weighted by molar-refractivity contribution is 7.22. The van der Waals surface area contributed by atoms with Crippen LogP contribution in [0.25, 0.3) is 10.2 Å². The van der Waals surface area contributed by atoms with Gasteiger partial charge in [0, 0.05) is 42.8 Å². The van der Waals surface area contributed by atoms with Gasteiger partial charge < -0.3 is 14.2 Å². The number of methoxy groups -OCH3 is 2. The summed E-state index contributed by atoms with van der Waals surface area (Å²) in [4.78, 5) is 22.5. The summed E-state index contributed by atoms with van der Waals surface area (Å²) in [7, 11) is 3.14. The molecule has 7 nitrogen and oxygen atoms in total. The number of hydrogen-bond acceptors (Lipinski definition) is 7. The van der Waals surface area contributed by atoms with E-state index in [1.807, 2.05) is 19.1 Å². The minimum Gasteiger partial charge on any atom is -0.497 e. The molecule has 0 radical (unpaired) electrons. The zero-order valence-corrected chi connectivity index (χ0v) is 20.0. The Morgan fingerprint density at radius 3 is 2.50 bits per heavy atom. The van der Waals surface area contributed by atoms with E-state index >= 15 is 0 Å². The highest BCUT2D eigenvalue weighted by Crippen LogP contribution is 2.34. The van der Waals surface area contributed by atoms with Crippen LogP contribution in [0.2, 0.25) is 5.02 Å². The molecule has 0 spiro atoms. The Bertz CT molecular complexity index is 1090. The zero-order valence-electron chi connectivity index (χ0n) is 18.4. The Balaban J connectivity index is 1.70. The number of fused-ring (bicyclic) bond motifs is 1. The van der Waals surface area contributed by atoms with E-state index in [4.69, 9.17) is 30.8 Å². The largest absolute Gasteiger partial charge is 0.497 e. The second kappa shape index (κ2) is 10.0. The molecule has 0 atom stereocenters. The summed E-state index contributed by atoms with van der Waals surface area (Å²) in [6, 6.07) is 8.98. The number of carbonyl (C=O) groups is 1. The molecule has 0 bridgehead atoms. The van der Waals surface area contributed by atoms with Crippen LogP contribution in [0.5, 0.6) is 11.5 Å². The molecule has 0 N–H and O–H groups in total. The smallest absolute Gasteiger partial charge is 0.260 e. The van der Waals surface area contributed by atoms with E-state index in [0.29, 0.717) is 47.0 Å². The SMILES string of the molecule is COc1cc(OC)cc(C(=O)N(CCN2CCOCC2)c2nc3c(C)cc(Cl)cc3s2)c1. The molecule has 0 saturated carbocycles. The van der Waals surface area contributed by atoms with E-state index in [1.54, 1.807) is 37.3 Å². The van der Waals surface area contributed by atoms with Crippen molar-refractivity contribution in [2.45, 2.75) is 6.92 Å². The van der Waals surface area contributed by atoms with Gasteiger partial charge in [-0.05, 0) is 36.8 Å². The normalized spacial score (nSPS) is 14.5.